The number of fused-ring (bicyclic) bond motifs is 1. The van der Waals surface area contributed by atoms with Gasteiger partial charge < -0.3 is 4.90 Å². The molecule has 0 bridgehead atoms. The van der Waals surface area contributed by atoms with E-state index in [4.69, 9.17) is 0 Å². The first-order valence-electron chi connectivity index (χ1n) is 12.2. The molecule has 0 N–H and O–H groups in total. The number of carbonyl (C=O) groups is 1. The zero-order chi connectivity index (χ0) is 23.9. The van der Waals surface area contributed by atoms with Crippen LogP contribution in [0.5, 0.6) is 0 Å². The molecule has 0 saturated carbocycles. The van der Waals surface area contributed by atoms with Crippen LogP contribution in [0.2, 0.25) is 0 Å². The Kier molecular flexibility index (Phi) is 6.20. The van der Waals surface area contributed by atoms with Gasteiger partial charge in [0.1, 0.15) is 0 Å². The Balaban J connectivity index is 1.33. The molecule has 180 valence electrons. The van der Waals surface area contributed by atoms with Crippen LogP contribution in [0.1, 0.15) is 65.1 Å². The molecule has 2 aliphatic heterocycles. The lowest BCUT2D eigenvalue weighted by atomic mass is 9.90. The Morgan fingerprint density at radius 3 is 2.41 bits per heavy atom. The molecular formula is C26H32N4O3S. The molecule has 0 aliphatic carbocycles. The summed E-state index contributed by atoms with van der Waals surface area (Å²) in [5.41, 5.74) is 4.48. The molecule has 0 atom stereocenters. The Labute approximate surface area is 201 Å². The van der Waals surface area contributed by atoms with Gasteiger partial charge in [-0.2, -0.15) is 9.40 Å². The van der Waals surface area contributed by atoms with Crippen molar-refractivity contribution in [2.24, 2.45) is 0 Å². The normalized spacial score (nSPS) is 18.5. The van der Waals surface area contributed by atoms with Gasteiger partial charge in [-0.25, -0.2) is 12.9 Å². The number of carbonyl (C=O) groups excluding carboxylic acids is 1. The van der Waals surface area contributed by atoms with E-state index in [1.807, 2.05) is 43.1 Å². The lowest BCUT2D eigenvalue weighted by Crippen LogP contribution is -2.38. The van der Waals surface area contributed by atoms with E-state index < -0.39 is 10.0 Å². The summed E-state index contributed by atoms with van der Waals surface area (Å²) in [7, 11) is -3.50. The van der Waals surface area contributed by atoms with Crippen LogP contribution in [0, 0.1) is 13.8 Å². The fourth-order valence-electron chi connectivity index (χ4n) is 5.34. The lowest BCUT2D eigenvalue weighted by Gasteiger charge is -2.32. The van der Waals surface area contributed by atoms with E-state index in [-0.39, 0.29) is 11.8 Å². The highest BCUT2D eigenvalue weighted by Gasteiger charge is 2.31. The fraction of sp³-hybridized carbons (Fsp3) is 0.462. The van der Waals surface area contributed by atoms with Gasteiger partial charge in [-0.1, -0.05) is 17.7 Å². The second-order valence-corrected chi connectivity index (χ2v) is 11.6. The maximum absolute atomic E-state index is 13.2. The van der Waals surface area contributed by atoms with Crippen molar-refractivity contribution < 1.29 is 13.2 Å². The summed E-state index contributed by atoms with van der Waals surface area (Å²) in [5.74, 6) is 0.310. The van der Waals surface area contributed by atoms with E-state index in [1.54, 1.807) is 21.1 Å². The molecule has 0 unspecified atom stereocenters. The van der Waals surface area contributed by atoms with E-state index in [9.17, 15) is 13.2 Å². The van der Waals surface area contributed by atoms with Crippen LogP contribution in [-0.4, -0.2) is 59.3 Å². The van der Waals surface area contributed by atoms with Gasteiger partial charge in [-0.3, -0.25) is 4.79 Å². The van der Waals surface area contributed by atoms with Crippen molar-refractivity contribution in [2.45, 2.75) is 56.8 Å². The molecule has 1 aromatic carbocycles. The molecule has 5 rings (SSSR count). The monoisotopic (exact) mass is 480 g/mol. The molecule has 2 saturated heterocycles. The number of amides is 1. The molecule has 34 heavy (non-hydrogen) atoms. The molecule has 7 nitrogen and oxygen atoms in total. The largest absolute Gasteiger partial charge is 0.339 e. The molecule has 0 spiro atoms. The van der Waals surface area contributed by atoms with Gasteiger partial charge in [0.25, 0.3) is 5.91 Å². The predicted octanol–water partition coefficient (Wildman–Crippen LogP) is 4.15. The second kappa shape index (κ2) is 9.15. The van der Waals surface area contributed by atoms with E-state index >= 15 is 0 Å². The summed E-state index contributed by atoms with van der Waals surface area (Å²) >= 11 is 0. The molecule has 2 fully saturated rings. The van der Waals surface area contributed by atoms with Crippen LogP contribution < -0.4 is 0 Å². The maximum atomic E-state index is 13.2. The van der Waals surface area contributed by atoms with E-state index in [0.717, 1.165) is 61.0 Å². The zero-order valence-corrected chi connectivity index (χ0v) is 20.7. The van der Waals surface area contributed by atoms with Crippen molar-refractivity contribution >= 4 is 21.4 Å². The minimum atomic E-state index is -3.50. The highest BCUT2D eigenvalue weighted by atomic mass is 32.2. The van der Waals surface area contributed by atoms with E-state index in [1.165, 1.54) is 6.42 Å². The number of sulfonamides is 1. The summed E-state index contributed by atoms with van der Waals surface area (Å²) < 4.78 is 29.9. The van der Waals surface area contributed by atoms with Crippen LogP contribution >= 0.6 is 0 Å². The standard InChI is InChI=1S/C26H32N4O3S/c1-19-6-7-25(20(2)16-19)34(32,33)29-13-8-21(9-14-29)22-10-15-30-24(17-22)23(18-27-30)26(31)28-11-4-3-5-12-28/h6-7,10,15-18,21H,3-5,8-9,11-14H2,1-2H3. The first-order valence-corrected chi connectivity index (χ1v) is 13.6. The minimum absolute atomic E-state index is 0.0567. The zero-order valence-electron chi connectivity index (χ0n) is 19.9. The average molecular weight is 481 g/mol. The predicted molar refractivity (Wildman–Crippen MR) is 132 cm³/mol. The number of hydrogen-bond acceptors (Lipinski definition) is 4. The number of pyridine rings is 1. The number of likely N-dealkylation sites (tertiary alicyclic amines) is 1. The first kappa shape index (κ1) is 23.1. The number of benzene rings is 1. The summed E-state index contributed by atoms with van der Waals surface area (Å²) in [6.45, 7) is 6.43. The first-order chi connectivity index (χ1) is 16.3. The second-order valence-electron chi connectivity index (χ2n) is 9.65. The number of rotatable bonds is 4. The molecule has 0 radical (unpaired) electrons. The van der Waals surface area contributed by atoms with Gasteiger partial charge in [0.15, 0.2) is 0 Å². The van der Waals surface area contributed by atoms with Gasteiger partial charge in [-0.05, 0) is 81.2 Å². The number of nitrogens with zero attached hydrogens (tertiary/aromatic N) is 4. The number of aromatic nitrogens is 2. The molecule has 2 aliphatic rings. The van der Waals surface area contributed by atoms with Crippen LogP contribution in [0.4, 0.5) is 0 Å². The van der Waals surface area contributed by atoms with Crippen molar-refractivity contribution in [1.29, 1.82) is 0 Å². The lowest BCUT2D eigenvalue weighted by molar-refractivity contribution is 0.0726. The quantitative estimate of drug-likeness (QED) is 0.562. The maximum Gasteiger partial charge on any atom is 0.257 e. The summed E-state index contributed by atoms with van der Waals surface area (Å²) in [6, 6.07) is 9.62. The molecule has 1 amide bonds. The van der Waals surface area contributed by atoms with Gasteiger partial charge >= 0.3 is 0 Å². The third kappa shape index (κ3) is 4.25. The van der Waals surface area contributed by atoms with Crippen molar-refractivity contribution in [1.82, 2.24) is 18.8 Å². The number of aryl methyl sites for hydroxylation is 2. The Morgan fingerprint density at radius 2 is 1.71 bits per heavy atom. The van der Waals surface area contributed by atoms with Crippen molar-refractivity contribution in [3.05, 3.63) is 65.0 Å². The summed E-state index contributed by atoms with van der Waals surface area (Å²) in [5, 5.41) is 4.39. The van der Waals surface area contributed by atoms with Crippen LogP contribution in [0.25, 0.3) is 5.52 Å². The van der Waals surface area contributed by atoms with Crippen LogP contribution in [0.15, 0.2) is 47.6 Å². The topological polar surface area (TPSA) is 75.0 Å². The highest BCUT2D eigenvalue weighted by molar-refractivity contribution is 7.89. The van der Waals surface area contributed by atoms with Gasteiger partial charge in [0, 0.05) is 32.4 Å². The van der Waals surface area contributed by atoms with E-state index in [2.05, 4.69) is 11.2 Å². The molecule has 4 heterocycles. The molecular weight excluding hydrogens is 448 g/mol. The average Bonchev–Trinajstić information content (AvgIpc) is 3.27. The van der Waals surface area contributed by atoms with Crippen molar-refractivity contribution in [3.8, 4) is 0 Å². The molecule has 3 aromatic rings. The third-order valence-corrected chi connectivity index (χ3v) is 9.35. The van der Waals surface area contributed by atoms with Gasteiger partial charge in [0.2, 0.25) is 10.0 Å². The Morgan fingerprint density at radius 1 is 0.971 bits per heavy atom. The smallest absolute Gasteiger partial charge is 0.257 e. The summed E-state index contributed by atoms with van der Waals surface area (Å²) in [6.07, 6.45) is 8.39. The van der Waals surface area contributed by atoms with E-state index in [0.29, 0.717) is 23.5 Å². The Hall–Kier alpha value is -2.71. The SMILES string of the molecule is Cc1ccc(S(=O)(=O)N2CCC(c3ccn4ncc(C(=O)N5CCCCC5)c4c3)CC2)c(C)c1. The third-order valence-electron chi connectivity index (χ3n) is 7.29. The highest BCUT2D eigenvalue weighted by Crippen LogP contribution is 2.32. The minimum Gasteiger partial charge on any atom is -0.339 e. The fourth-order valence-corrected chi connectivity index (χ4v) is 7.02. The van der Waals surface area contributed by atoms with Crippen molar-refractivity contribution in [3.63, 3.8) is 0 Å². The van der Waals surface area contributed by atoms with Crippen molar-refractivity contribution in [2.75, 3.05) is 26.2 Å². The molecule has 8 heteroatoms. The Bertz CT molecular complexity index is 1320. The molecule has 2 aromatic heterocycles. The van der Waals surface area contributed by atoms with Crippen LogP contribution in [-0.2, 0) is 10.0 Å². The van der Waals surface area contributed by atoms with Crippen LogP contribution in [0.3, 0.4) is 0 Å². The number of hydrogen-bond donors (Lipinski definition) is 0. The number of piperidine rings is 2. The van der Waals surface area contributed by atoms with Gasteiger partial charge in [-0.15, -0.1) is 0 Å². The summed E-state index contributed by atoms with van der Waals surface area (Å²) in [4.78, 5) is 15.4. The van der Waals surface area contributed by atoms with Gasteiger partial charge in [0.05, 0.1) is 22.2 Å².